The van der Waals surface area contributed by atoms with Crippen LogP contribution >= 0.6 is 11.8 Å². The number of fused-ring (bicyclic) bond motifs is 1. The van der Waals surface area contributed by atoms with Crippen molar-refractivity contribution >= 4 is 43.4 Å². The highest BCUT2D eigenvalue weighted by atomic mass is 32.2. The van der Waals surface area contributed by atoms with Gasteiger partial charge in [-0.25, -0.2) is 4.98 Å². The minimum Gasteiger partial charge on any atom is -0.491 e. The fourth-order valence-corrected chi connectivity index (χ4v) is 5.11. The average molecular weight is 447 g/mol. The van der Waals surface area contributed by atoms with Crippen molar-refractivity contribution in [1.82, 2.24) is 9.97 Å². The van der Waals surface area contributed by atoms with E-state index in [2.05, 4.69) is 15.0 Å². The second-order valence-electron chi connectivity index (χ2n) is 6.61. The molecule has 0 saturated heterocycles. The first-order valence-electron chi connectivity index (χ1n) is 9.37. The summed E-state index contributed by atoms with van der Waals surface area (Å²) < 4.78 is 38.4. The molecule has 3 aromatic rings. The number of nitrogens with zero attached hydrogens (tertiary/aromatic N) is 3. The van der Waals surface area contributed by atoms with Crippen molar-refractivity contribution in [3.05, 3.63) is 48.3 Å². The van der Waals surface area contributed by atoms with Crippen LogP contribution in [-0.2, 0) is 14.8 Å². The van der Waals surface area contributed by atoms with Crippen molar-refractivity contribution < 1.29 is 17.9 Å². The number of benzene rings is 1. The smallest absolute Gasteiger partial charge is 0.281 e. The number of hydrogen-bond acceptors (Lipinski definition) is 7. The summed E-state index contributed by atoms with van der Waals surface area (Å²) in [4.78, 5) is 11.9. The quantitative estimate of drug-likeness (QED) is 0.535. The Balaban J connectivity index is 1.81. The normalized spacial score (nSPS) is 14.1. The van der Waals surface area contributed by atoms with Gasteiger partial charge in [-0.2, -0.15) is 8.42 Å². The van der Waals surface area contributed by atoms with E-state index in [-0.39, 0.29) is 5.03 Å². The number of H-pyrrole nitrogens is 1. The highest BCUT2D eigenvalue weighted by Gasteiger charge is 2.26. The lowest BCUT2D eigenvalue weighted by atomic mass is 10.2. The molecule has 158 valence electrons. The molecule has 1 aliphatic heterocycles. The number of rotatable bonds is 8. The maximum Gasteiger partial charge on any atom is 0.281 e. The molecule has 0 aliphatic carbocycles. The Morgan fingerprint density at radius 3 is 2.80 bits per heavy atom. The molecule has 0 atom stereocenters. The molecule has 30 heavy (non-hydrogen) atoms. The van der Waals surface area contributed by atoms with Crippen LogP contribution in [0.25, 0.3) is 10.9 Å². The topological polar surface area (TPSA) is 96.9 Å². The summed E-state index contributed by atoms with van der Waals surface area (Å²) in [5.74, 6) is 1.50. The van der Waals surface area contributed by atoms with E-state index in [0.717, 1.165) is 28.4 Å². The van der Waals surface area contributed by atoms with E-state index in [9.17, 15) is 8.42 Å². The van der Waals surface area contributed by atoms with Gasteiger partial charge in [-0.3, -0.25) is 9.30 Å². The van der Waals surface area contributed by atoms with Gasteiger partial charge in [0, 0.05) is 44.1 Å². The average Bonchev–Trinajstić information content (AvgIpc) is 3.43. The monoisotopic (exact) mass is 446 g/mol. The minimum atomic E-state index is -3.85. The number of pyridine rings is 1. The van der Waals surface area contributed by atoms with Gasteiger partial charge in [0.15, 0.2) is 5.03 Å². The second kappa shape index (κ2) is 8.66. The Morgan fingerprint density at radius 2 is 2.10 bits per heavy atom. The molecule has 4 rings (SSSR count). The molecule has 1 aliphatic rings. The molecule has 1 aromatic carbocycles. The molecule has 0 bridgehead atoms. The molecule has 0 fully saturated rings. The van der Waals surface area contributed by atoms with Crippen molar-refractivity contribution in [2.24, 2.45) is 4.99 Å². The van der Waals surface area contributed by atoms with Gasteiger partial charge in [0.2, 0.25) is 0 Å². The van der Waals surface area contributed by atoms with E-state index >= 15 is 0 Å². The largest absolute Gasteiger partial charge is 0.491 e. The van der Waals surface area contributed by atoms with Gasteiger partial charge < -0.3 is 14.5 Å². The van der Waals surface area contributed by atoms with Gasteiger partial charge in [0.25, 0.3) is 10.0 Å². The van der Waals surface area contributed by atoms with Gasteiger partial charge in [0.1, 0.15) is 17.4 Å². The number of methoxy groups -OCH3 is 1. The molecule has 2 aromatic heterocycles. The number of ether oxygens (including phenoxy) is 2. The molecule has 3 heterocycles. The number of aromatic amines is 1. The van der Waals surface area contributed by atoms with Crippen LogP contribution in [0.1, 0.15) is 5.69 Å². The van der Waals surface area contributed by atoms with Crippen molar-refractivity contribution in [2.45, 2.75) is 5.03 Å². The zero-order valence-electron chi connectivity index (χ0n) is 16.7. The lowest BCUT2D eigenvalue weighted by Crippen LogP contribution is -2.27. The highest BCUT2D eigenvalue weighted by Crippen LogP contribution is 2.35. The third-order valence-corrected chi connectivity index (χ3v) is 7.35. The second-order valence-corrected chi connectivity index (χ2v) is 9.61. The first kappa shape index (κ1) is 20.7. The summed E-state index contributed by atoms with van der Waals surface area (Å²) in [6.45, 7) is 1.57. The highest BCUT2D eigenvalue weighted by molar-refractivity contribution is 8.14. The Morgan fingerprint density at radius 1 is 1.23 bits per heavy atom. The van der Waals surface area contributed by atoms with Gasteiger partial charge in [-0.05, 0) is 24.3 Å². The Bertz CT molecular complexity index is 1180. The fourth-order valence-electron chi connectivity index (χ4n) is 3.16. The predicted octanol–water partition coefficient (Wildman–Crippen LogP) is 2.91. The van der Waals surface area contributed by atoms with E-state index in [4.69, 9.17) is 9.47 Å². The van der Waals surface area contributed by atoms with E-state index in [1.807, 2.05) is 12.1 Å². The van der Waals surface area contributed by atoms with Crippen LogP contribution in [0.3, 0.4) is 0 Å². The molecule has 0 unspecified atom stereocenters. The minimum absolute atomic E-state index is 0.0196. The van der Waals surface area contributed by atoms with Crippen LogP contribution in [0.4, 0.5) is 5.69 Å². The van der Waals surface area contributed by atoms with Crippen LogP contribution < -0.4 is 9.04 Å². The fraction of sp³-hybridized carbons (Fsp3) is 0.300. The molecule has 10 heteroatoms. The summed E-state index contributed by atoms with van der Waals surface area (Å²) in [6.07, 6.45) is 1.46. The van der Waals surface area contributed by atoms with E-state index in [0.29, 0.717) is 30.2 Å². The van der Waals surface area contributed by atoms with Crippen LogP contribution in [0.5, 0.6) is 5.75 Å². The van der Waals surface area contributed by atoms with Crippen molar-refractivity contribution in [1.29, 1.82) is 0 Å². The lowest BCUT2D eigenvalue weighted by Gasteiger charge is -2.20. The van der Waals surface area contributed by atoms with Crippen LogP contribution in [0, 0.1) is 0 Å². The van der Waals surface area contributed by atoms with Crippen LogP contribution in [0.15, 0.2) is 52.6 Å². The molecule has 0 radical (unpaired) electrons. The Labute approximate surface area is 179 Å². The summed E-state index contributed by atoms with van der Waals surface area (Å²) in [5.41, 5.74) is 2.04. The number of sulfonamides is 1. The molecule has 0 amide bonds. The Hall–Kier alpha value is -2.56. The van der Waals surface area contributed by atoms with E-state index < -0.39 is 10.0 Å². The van der Waals surface area contributed by atoms with Crippen molar-refractivity contribution in [3.8, 4) is 5.75 Å². The molecule has 0 saturated carbocycles. The number of thioether (sulfide) groups is 1. The molecule has 1 N–H and O–H groups in total. The van der Waals surface area contributed by atoms with Crippen LogP contribution in [0.2, 0.25) is 0 Å². The first-order chi connectivity index (χ1) is 14.5. The molecular weight excluding hydrogens is 424 g/mol. The van der Waals surface area contributed by atoms with Crippen molar-refractivity contribution in [2.75, 3.05) is 44.0 Å². The van der Waals surface area contributed by atoms with Crippen LogP contribution in [-0.4, -0.2) is 63.1 Å². The predicted molar refractivity (Wildman–Crippen MR) is 119 cm³/mol. The maximum atomic E-state index is 13.2. The van der Waals surface area contributed by atoms with Gasteiger partial charge >= 0.3 is 0 Å². The maximum absolute atomic E-state index is 13.2. The zero-order valence-corrected chi connectivity index (χ0v) is 18.3. The van der Waals surface area contributed by atoms with Gasteiger partial charge in [-0.1, -0.05) is 6.07 Å². The summed E-state index contributed by atoms with van der Waals surface area (Å²) in [6, 6.07) is 10.4. The number of aliphatic imine (C=N–C) groups is 1. The Kier molecular flexibility index (Phi) is 5.98. The van der Waals surface area contributed by atoms with E-state index in [1.165, 1.54) is 23.6 Å². The SMILES string of the molecule is COCCOc1cc(N(C)S(=O)(=O)c2ccccn2)c2[nH]c(C3=NCCS3)cc2c1. The van der Waals surface area contributed by atoms with E-state index in [1.54, 1.807) is 37.1 Å². The standard InChI is InChI=1S/C20H22N4O4S2/c1-24(30(25,26)18-5-3-4-6-21-18)17-13-15(28-9-8-27-2)11-14-12-16(23-19(14)17)20-22-7-10-29-20/h3-6,11-13,23H,7-10H2,1-2H3. The number of anilines is 1. The molecule has 0 spiro atoms. The third-order valence-electron chi connectivity index (χ3n) is 4.65. The van der Waals surface area contributed by atoms with Gasteiger partial charge in [-0.15, -0.1) is 11.8 Å². The zero-order chi connectivity index (χ0) is 21.1. The molecular formula is C20H22N4O4S2. The number of hydrogen-bond donors (Lipinski definition) is 1. The summed E-state index contributed by atoms with van der Waals surface area (Å²) in [7, 11) is -0.734. The summed E-state index contributed by atoms with van der Waals surface area (Å²) in [5, 5.41) is 1.75. The molecule has 8 nitrogen and oxygen atoms in total. The van der Waals surface area contributed by atoms with Gasteiger partial charge in [0.05, 0.1) is 23.5 Å². The number of nitrogens with one attached hydrogen (secondary N) is 1. The number of aromatic nitrogens is 2. The summed E-state index contributed by atoms with van der Waals surface area (Å²) >= 11 is 1.68. The lowest BCUT2D eigenvalue weighted by molar-refractivity contribution is 0.146. The third kappa shape index (κ3) is 4.03. The first-order valence-corrected chi connectivity index (χ1v) is 11.8. The van der Waals surface area contributed by atoms with Crippen molar-refractivity contribution in [3.63, 3.8) is 0 Å².